The van der Waals surface area contributed by atoms with Crippen LogP contribution in [0.3, 0.4) is 0 Å². The van der Waals surface area contributed by atoms with E-state index in [0.717, 1.165) is 30.6 Å². The zero-order chi connectivity index (χ0) is 27.6. The molecule has 5 unspecified atom stereocenters. The Morgan fingerprint density at radius 2 is 1.63 bits per heavy atom. The molecule has 0 aromatic heterocycles. The van der Waals surface area contributed by atoms with Crippen molar-refractivity contribution in [3.8, 4) is 0 Å². The number of benzene rings is 1. The van der Waals surface area contributed by atoms with Crippen molar-refractivity contribution < 1.29 is 28.8 Å². The molecule has 4 rings (SSSR count). The molecule has 0 spiro atoms. The standard InChI is InChI=1S/C26H35N5O7/c1-26(2,3)38-25(35)30-19(12-15-8-10-16(11-9-15)31(36)37)24(34)29-23-18-7-5-4-6-17(18)22(23)28-20(32)13-27-14-21(30)33/h8-11,17-19,22-23,27H,4-7,12-14H2,1-3H3,(H,28,32)(H,29,34). The number of carbonyl (C=O) groups is 4. The average molecular weight is 530 g/mol. The molecule has 38 heavy (non-hydrogen) atoms. The maximum absolute atomic E-state index is 13.8. The van der Waals surface area contributed by atoms with E-state index < -0.39 is 34.5 Å². The fourth-order valence-corrected chi connectivity index (χ4v) is 5.72. The van der Waals surface area contributed by atoms with Crippen LogP contribution in [0, 0.1) is 22.0 Å². The van der Waals surface area contributed by atoms with Crippen molar-refractivity contribution in [2.45, 2.75) is 76.6 Å². The van der Waals surface area contributed by atoms with Gasteiger partial charge in [0, 0.05) is 18.6 Å². The minimum atomic E-state index is -1.26. The van der Waals surface area contributed by atoms with Gasteiger partial charge >= 0.3 is 6.09 Å². The quantitative estimate of drug-likeness (QED) is 0.394. The zero-order valence-electron chi connectivity index (χ0n) is 21.9. The van der Waals surface area contributed by atoms with Gasteiger partial charge in [0.25, 0.3) is 5.69 Å². The van der Waals surface area contributed by atoms with E-state index in [9.17, 15) is 29.3 Å². The van der Waals surface area contributed by atoms with Gasteiger partial charge in [-0.3, -0.25) is 29.8 Å². The summed E-state index contributed by atoms with van der Waals surface area (Å²) in [4.78, 5) is 64.4. The lowest BCUT2D eigenvalue weighted by Crippen LogP contribution is -2.72. The highest BCUT2D eigenvalue weighted by molar-refractivity contribution is 5.99. The van der Waals surface area contributed by atoms with E-state index in [4.69, 9.17) is 4.74 Å². The molecule has 206 valence electrons. The number of nitro benzene ring substituents is 1. The topological polar surface area (TPSA) is 160 Å². The van der Waals surface area contributed by atoms with Gasteiger partial charge in [0.15, 0.2) is 0 Å². The molecule has 0 radical (unpaired) electrons. The fraction of sp³-hybridized carbons (Fsp3) is 0.615. The fourth-order valence-electron chi connectivity index (χ4n) is 5.72. The summed E-state index contributed by atoms with van der Waals surface area (Å²) >= 11 is 0. The monoisotopic (exact) mass is 529 g/mol. The molecular formula is C26H35N5O7. The molecule has 3 N–H and O–H groups in total. The van der Waals surface area contributed by atoms with E-state index in [2.05, 4.69) is 16.0 Å². The molecule has 12 nitrogen and oxygen atoms in total. The van der Waals surface area contributed by atoms with Crippen LogP contribution in [0.2, 0.25) is 0 Å². The van der Waals surface area contributed by atoms with Crippen LogP contribution in [0.4, 0.5) is 10.5 Å². The summed E-state index contributed by atoms with van der Waals surface area (Å²) in [5, 5.41) is 19.9. The number of fused-ring (bicyclic) bond motifs is 4. The highest BCUT2D eigenvalue weighted by atomic mass is 16.6. The van der Waals surface area contributed by atoms with Gasteiger partial charge in [0.1, 0.15) is 11.6 Å². The molecule has 1 aromatic carbocycles. The maximum atomic E-state index is 13.8. The highest BCUT2D eigenvalue weighted by Crippen LogP contribution is 2.45. The SMILES string of the molecule is CC(C)(C)OC(=O)N1C(=O)CNCC(=O)NC2C3CCCCC3C2NC(=O)C1Cc1ccc([N+](=O)[O-])cc1. The number of nitro groups is 1. The second kappa shape index (κ2) is 11.1. The van der Waals surface area contributed by atoms with Crippen LogP contribution in [0.1, 0.15) is 52.0 Å². The van der Waals surface area contributed by atoms with E-state index in [0.29, 0.717) is 5.56 Å². The molecule has 1 aromatic rings. The Kier molecular flexibility index (Phi) is 8.00. The largest absolute Gasteiger partial charge is 0.443 e. The van der Waals surface area contributed by atoms with Gasteiger partial charge in [0.2, 0.25) is 17.7 Å². The number of hydrogen-bond donors (Lipinski definition) is 3. The molecule has 2 saturated carbocycles. The third kappa shape index (κ3) is 6.12. The smallest absolute Gasteiger partial charge is 0.417 e. The number of ether oxygens (including phenoxy) is 1. The zero-order valence-corrected chi connectivity index (χ0v) is 21.9. The minimum absolute atomic E-state index is 0.0628. The maximum Gasteiger partial charge on any atom is 0.417 e. The molecule has 4 amide bonds. The number of non-ortho nitro benzene ring substituents is 1. The third-order valence-corrected chi connectivity index (χ3v) is 7.43. The number of nitrogens with zero attached hydrogens (tertiary/aromatic N) is 2. The van der Waals surface area contributed by atoms with Crippen LogP contribution < -0.4 is 16.0 Å². The van der Waals surface area contributed by atoms with Crippen LogP contribution in [-0.2, 0) is 25.5 Å². The predicted octanol–water partition coefficient (Wildman–Crippen LogP) is 1.66. The van der Waals surface area contributed by atoms with Crippen LogP contribution in [-0.4, -0.2) is 70.5 Å². The number of amides is 4. The summed E-state index contributed by atoms with van der Waals surface area (Å²) in [6.45, 7) is 4.48. The van der Waals surface area contributed by atoms with Gasteiger partial charge in [-0.1, -0.05) is 25.0 Å². The van der Waals surface area contributed by atoms with Crippen molar-refractivity contribution in [1.29, 1.82) is 0 Å². The van der Waals surface area contributed by atoms with Gasteiger partial charge < -0.3 is 15.4 Å². The first-order valence-corrected chi connectivity index (χ1v) is 13.0. The minimum Gasteiger partial charge on any atom is -0.443 e. The van der Waals surface area contributed by atoms with Gasteiger partial charge in [-0.2, -0.15) is 0 Å². The Hall–Kier alpha value is -3.54. The summed E-state index contributed by atoms with van der Waals surface area (Å²) < 4.78 is 5.50. The number of carbonyl (C=O) groups excluding carboxylic acids is 4. The van der Waals surface area contributed by atoms with E-state index in [1.165, 1.54) is 24.3 Å². The molecule has 1 aliphatic heterocycles. The molecule has 3 aliphatic rings. The lowest BCUT2D eigenvalue weighted by molar-refractivity contribution is -0.384. The van der Waals surface area contributed by atoms with E-state index >= 15 is 0 Å². The van der Waals surface area contributed by atoms with E-state index in [1.807, 2.05) is 0 Å². The van der Waals surface area contributed by atoms with Gasteiger partial charge in [-0.25, -0.2) is 9.69 Å². The van der Waals surface area contributed by atoms with Gasteiger partial charge in [-0.15, -0.1) is 0 Å². The Balaban J connectivity index is 1.68. The lowest BCUT2D eigenvalue weighted by atomic mass is 9.58. The highest BCUT2D eigenvalue weighted by Gasteiger charge is 2.53. The van der Waals surface area contributed by atoms with Gasteiger partial charge in [0.05, 0.1) is 30.1 Å². The Morgan fingerprint density at radius 3 is 2.21 bits per heavy atom. The lowest BCUT2D eigenvalue weighted by Gasteiger charge is -2.55. The Morgan fingerprint density at radius 1 is 1.03 bits per heavy atom. The van der Waals surface area contributed by atoms with Crippen LogP contribution in [0.5, 0.6) is 0 Å². The second-order valence-electron chi connectivity index (χ2n) is 11.2. The van der Waals surface area contributed by atoms with Crippen molar-refractivity contribution in [2.75, 3.05) is 13.1 Å². The molecular weight excluding hydrogens is 494 g/mol. The summed E-state index contributed by atoms with van der Waals surface area (Å²) in [7, 11) is 0. The van der Waals surface area contributed by atoms with Crippen LogP contribution in [0.25, 0.3) is 0 Å². The van der Waals surface area contributed by atoms with Crippen molar-refractivity contribution in [2.24, 2.45) is 11.8 Å². The molecule has 1 saturated heterocycles. The van der Waals surface area contributed by atoms with Crippen LogP contribution in [0.15, 0.2) is 24.3 Å². The van der Waals surface area contributed by atoms with Crippen molar-refractivity contribution >= 4 is 29.5 Å². The number of rotatable bonds is 3. The molecule has 0 bridgehead atoms. The number of hydrogen-bond acceptors (Lipinski definition) is 8. The first kappa shape index (κ1) is 27.5. The summed E-state index contributed by atoms with van der Waals surface area (Å²) in [5.41, 5.74) is -0.513. The molecule has 5 atom stereocenters. The molecule has 2 aliphatic carbocycles. The summed E-state index contributed by atoms with van der Waals surface area (Å²) in [6.07, 6.45) is 2.94. The van der Waals surface area contributed by atoms with Gasteiger partial charge in [-0.05, 0) is 51.0 Å². The Bertz CT molecular complexity index is 1100. The van der Waals surface area contributed by atoms with Crippen molar-refractivity contribution in [3.63, 3.8) is 0 Å². The molecule has 12 heteroatoms. The third-order valence-electron chi connectivity index (χ3n) is 7.43. The van der Waals surface area contributed by atoms with Crippen molar-refractivity contribution in [1.82, 2.24) is 20.9 Å². The van der Waals surface area contributed by atoms with Crippen molar-refractivity contribution in [3.05, 3.63) is 39.9 Å². The molecule has 1 heterocycles. The second-order valence-corrected chi connectivity index (χ2v) is 11.2. The number of nitrogens with one attached hydrogen (secondary N) is 3. The first-order chi connectivity index (χ1) is 17.9. The first-order valence-electron chi connectivity index (χ1n) is 13.0. The molecule has 3 fully saturated rings. The summed E-state index contributed by atoms with van der Waals surface area (Å²) in [5.74, 6) is -1.10. The van der Waals surface area contributed by atoms with E-state index in [-0.39, 0.29) is 55.0 Å². The number of imide groups is 1. The predicted molar refractivity (Wildman–Crippen MR) is 136 cm³/mol. The van der Waals surface area contributed by atoms with Crippen LogP contribution >= 0.6 is 0 Å². The summed E-state index contributed by atoms with van der Waals surface area (Å²) in [6, 6.07) is 3.80. The Labute approximate surface area is 221 Å². The normalized spacial score (nSPS) is 28.3. The average Bonchev–Trinajstić information content (AvgIpc) is 2.84. The van der Waals surface area contributed by atoms with E-state index in [1.54, 1.807) is 20.8 Å².